The number of methoxy groups -OCH3 is 3. The zero-order chi connectivity index (χ0) is 15.7. The van der Waals surface area contributed by atoms with Gasteiger partial charge in [-0.05, 0) is 36.6 Å². The highest BCUT2D eigenvalue weighted by molar-refractivity contribution is 5.53. The Kier molecular flexibility index (Phi) is 7.93. The molecule has 1 aromatic carbocycles. The van der Waals surface area contributed by atoms with E-state index in [1.54, 1.807) is 21.3 Å². The maximum atomic E-state index is 9.00. The van der Waals surface area contributed by atoms with E-state index in [-0.39, 0.29) is 6.61 Å². The highest BCUT2D eigenvalue weighted by Crippen LogP contribution is 2.38. The molecule has 0 aliphatic heterocycles. The lowest BCUT2D eigenvalue weighted by atomic mass is 10.0. The normalized spacial score (nSPS) is 12.0. The third-order valence-corrected chi connectivity index (χ3v) is 3.60. The van der Waals surface area contributed by atoms with Crippen LogP contribution < -0.4 is 19.5 Å². The second-order valence-corrected chi connectivity index (χ2v) is 4.95. The average Bonchev–Trinajstić information content (AvgIpc) is 2.52. The van der Waals surface area contributed by atoms with Crippen molar-refractivity contribution in [3.05, 3.63) is 17.7 Å². The Hall–Kier alpha value is -1.46. The minimum atomic E-state index is 0.240. The number of aliphatic hydroxyl groups excluding tert-OH is 1. The first kappa shape index (κ1) is 17.6. The molecule has 0 bridgehead atoms. The molecule has 0 saturated heterocycles. The van der Waals surface area contributed by atoms with Gasteiger partial charge in [0.25, 0.3) is 0 Å². The molecular weight excluding hydrogens is 270 g/mol. The summed E-state index contributed by atoms with van der Waals surface area (Å²) < 4.78 is 16.0. The van der Waals surface area contributed by atoms with E-state index < -0.39 is 0 Å². The monoisotopic (exact) mass is 297 g/mol. The first-order valence-corrected chi connectivity index (χ1v) is 7.30. The molecule has 1 aromatic rings. The van der Waals surface area contributed by atoms with Crippen molar-refractivity contribution < 1.29 is 19.3 Å². The summed E-state index contributed by atoms with van der Waals surface area (Å²) in [6.07, 6.45) is 1.89. The number of nitrogens with one attached hydrogen (secondary N) is 1. The molecule has 1 rings (SSSR count). The molecule has 0 fully saturated rings. The van der Waals surface area contributed by atoms with Crippen molar-refractivity contribution in [3.8, 4) is 17.2 Å². The van der Waals surface area contributed by atoms with Gasteiger partial charge >= 0.3 is 0 Å². The van der Waals surface area contributed by atoms with Crippen LogP contribution in [0.25, 0.3) is 0 Å². The summed E-state index contributed by atoms with van der Waals surface area (Å²) in [5.74, 6) is 2.43. The molecular formula is C16H27NO4. The van der Waals surface area contributed by atoms with Gasteiger partial charge in [0, 0.05) is 13.2 Å². The topological polar surface area (TPSA) is 60.0 Å². The lowest BCUT2D eigenvalue weighted by Gasteiger charge is -2.16. The van der Waals surface area contributed by atoms with E-state index in [1.165, 1.54) is 0 Å². The molecule has 120 valence electrons. The van der Waals surface area contributed by atoms with Crippen LogP contribution in [0.3, 0.4) is 0 Å². The van der Waals surface area contributed by atoms with Crippen LogP contribution in [-0.4, -0.2) is 39.6 Å². The average molecular weight is 297 g/mol. The lowest BCUT2D eigenvalue weighted by molar-refractivity contribution is 0.251. The summed E-state index contributed by atoms with van der Waals surface area (Å²) in [4.78, 5) is 0. The highest BCUT2D eigenvalue weighted by atomic mass is 16.5. The zero-order valence-electron chi connectivity index (χ0n) is 13.4. The van der Waals surface area contributed by atoms with Gasteiger partial charge in [0.2, 0.25) is 5.75 Å². The molecule has 0 amide bonds. The Morgan fingerprint density at radius 1 is 1.10 bits per heavy atom. The fourth-order valence-electron chi connectivity index (χ4n) is 2.29. The molecule has 0 saturated carbocycles. The molecule has 0 spiro atoms. The van der Waals surface area contributed by atoms with Gasteiger partial charge in [-0.1, -0.05) is 13.3 Å². The number of ether oxygens (including phenoxy) is 3. The van der Waals surface area contributed by atoms with Crippen LogP contribution in [0.15, 0.2) is 12.1 Å². The van der Waals surface area contributed by atoms with Crippen molar-refractivity contribution in [3.63, 3.8) is 0 Å². The van der Waals surface area contributed by atoms with Gasteiger partial charge in [-0.3, -0.25) is 0 Å². The van der Waals surface area contributed by atoms with E-state index in [2.05, 4.69) is 12.2 Å². The van der Waals surface area contributed by atoms with Gasteiger partial charge in [-0.2, -0.15) is 0 Å². The summed E-state index contributed by atoms with van der Waals surface area (Å²) in [6, 6.07) is 3.89. The molecule has 1 unspecified atom stereocenters. The van der Waals surface area contributed by atoms with Crippen LogP contribution in [0, 0.1) is 5.92 Å². The molecule has 0 aliphatic carbocycles. The van der Waals surface area contributed by atoms with E-state index in [0.717, 1.165) is 31.5 Å². The summed E-state index contributed by atoms with van der Waals surface area (Å²) in [5, 5.41) is 12.4. The number of hydrogen-bond donors (Lipinski definition) is 2. The smallest absolute Gasteiger partial charge is 0.203 e. The van der Waals surface area contributed by atoms with Gasteiger partial charge in [-0.15, -0.1) is 0 Å². The first-order chi connectivity index (χ1) is 10.2. The summed E-state index contributed by atoms with van der Waals surface area (Å²) in [5.41, 5.74) is 1.07. The minimum Gasteiger partial charge on any atom is -0.493 e. The van der Waals surface area contributed by atoms with Crippen molar-refractivity contribution in [2.45, 2.75) is 26.3 Å². The van der Waals surface area contributed by atoms with Crippen LogP contribution in [0.5, 0.6) is 17.2 Å². The molecule has 0 heterocycles. The fraction of sp³-hybridized carbons (Fsp3) is 0.625. The van der Waals surface area contributed by atoms with E-state index in [1.807, 2.05) is 12.1 Å². The van der Waals surface area contributed by atoms with Crippen LogP contribution in [0.1, 0.15) is 25.3 Å². The predicted octanol–water partition coefficient (Wildman–Crippen LogP) is 2.21. The fourth-order valence-corrected chi connectivity index (χ4v) is 2.29. The second kappa shape index (κ2) is 9.47. The number of hydrogen-bond acceptors (Lipinski definition) is 5. The third kappa shape index (κ3) is 5.10. The van der Waals surface area contributed by atoms with Crippen molar-refractivity contribution in [2.75, 3.05) is 34.5 Å². The van der Waals surface area contributed by atoms with Crippen LogP contribution in [-0.2, 0) is 6.54 Å². The van der Waals surface area contributed by atoms with E-state index >= 15 is 0 Å². The molecule has 0 radical (unpaired) electrons. The quantitative estimate of drug-likeness (QED) is 0.693. The minimum absolute atomic E-state index is 0.240. The molecule has 2 N–H and O–H groups in total. The maximum absolute atomic E-state index is 9.00. The van der Waals surface area contributed by atoms with Crippen LogP contribution in [0.4, 0.5) is 0 Å². The van der Waals surface area contributed by atoms with Crippen molar-refractivity contribution in [1.82, 2.24) is 5.32 Å². The first-order valence-electron chi connectivity index (χ1n) is 7.30. The second-order valence-electron chi connectivity index (χ2n) is 4.95. The van der Waals surface area contributed by atoms with Crippen LogP contribution >= 0.6 is 0 Å². The Balaban J connectivity index is 2.71. The number of rotatable bonds is 10. The van der Waals surface area contributed by atoms with Gasteiger partial charge in [0.15, 0.2) is 11.5 Å². The summed E-state index contributed by atoms with van der Waals surface area (Å²) in [7, 11) is 4.82. The Labute approximate surface area is 127 Å². The van der Waals surface area contributed by atoms with Crippen molar-refractivity contribution >= 4 is 0 Å². The molecule has 21 heavy (non-hydrogen) atoms. The summed E-state index contributed by atoms with van der Waals surface area (Å²) in [6.45, 7) is 3.98. The molecule has 5 nitrogen and oxygen atoms in total. The van der Waals surface area contributed by atoms with E-state index in [9.17, 15) is 0 Å². The Bertz CT molecular complexity index is 398. The van der Waals surface area contributed by atoms with Gasteiger partial charge in [-0.25, -0.2) is 0 Å². The Morgan fingerprint density at radius 3 is 2.14 bits per heavy atom. The SMILES string of the molecule is CCC(CCO)CNCc1cc(OC)c(OC)c(OC)c1. The third-order valence-electron chi connectivity index (χ3n) is 3.60. The van der Waals surface area contributed by atoms with Gasteiger partial charge < -0.3 is 24.6 Å². The van der Waals surface area contributed by atoms with Gasteiger partial charge in [0.1, 0.15) is 0 Å². The van der Waals surface area contributed by atoms with Crippen LogP contribution in [0.2, 0.25) is 0 Å². The zero-order valence-corrected chi connectivity index (χ0v) is 13.4. The van der Waals surface area contributed by atoms with E-state index in [0.29, 0.717) is 23.2 Å². The molecule has 0 aromatic heterocycles. The number of aliphatic hydroxyl groups is 1. The van der Waals surface area contributed by atoms with Crippen molar-refractivity contribution in [2.24, 2.45) is 5.92 Å². The number of benzene rings is 1. The van der Waals surface area contributed by atoms with Gasteiger partial charge in [0.05, 0.1) is 21.3 Å². The maximum Gasteiger partial charge on any atom is 0.203 e. The standard InChI is InChI=1S/C16H27NO4/c1-5-12(6-7-18)10-17-11-13-8-14(19-2)16(21-4)15(9-13)20-3/h8-9,12,17-18H,5-7,10-11H2,1-4H3. The molecule has 0 aliphatic rings. The highest BCUT2D eigenvalue weighted by Gasteiger charge is 2.13. The largest absolute Gasteiger partial charge is 0.493 e. The molecule has 5 heteroatoms. The van der Waals surface area contributed by atoms with Crippen molar-refractivity contribution in [1.29, 1.82) is 0 Å². The van der Waals surface area contributed by atoms with E-state index in [4.69, 9.17) is 19.3 Å². The lowest BCUT2D eigenvalue weighted by Crippen LogP contribution is -2.23. The summed E-state index contributed by atoms with van der Waals surface area (Å²) >= 11 is 0. The predicted molar refractivity (Wildman–Crippen MR) is 83.3 cm³/mol. The molecule has 1 atom stereocenters. The Morgan fingerprint density at radius 2 is 1.71 bits per heavy atom.